The number of likely N-dealkylation sites (tertiary alicyclic amines) is 1. The Labute approximate surface area is 178 Å². The van der Waals surface area contributed by atoms with Gasteiger partial charge in [-0.3, -0.25) is 9.79 Å². The second-order valence-electron chi connectivity index (χ2n) is 7.88. The van der Waals surface area contributed by atoms with E-state index in [1.54, 1.807) is 7.05 Å². The Hall–Kier alpha value is -3.02. The fourth-order valence-corrected chi connectivity index (χ4v) is 3.98. The standard InChI is InChI=1S/C24H30N4O2/c1-25-24(26-12-10-18-8-9-22-21(15-18)11-14-30-22)27-16-19-4-6-20(7-5-19)17-28-13-2-3-23(28)29/h4-9,15H,2-3,10-14,16-17H2,1H3,(H2,25,26,27). The van der Waals surface area contributed by atoms with Gasteiger partial charge in [-0.2, -0.15) is 0 Å². The lowest BCUT2D eigenvalue weighted by atomic mass is 10.1. The number of rotatable bonds is 7. The molecule has 6 nitrogen and oxygen atoms in total. The van der Waals surface area contributed by atoms with E-state index < -0.39 is 0 Å². The molecule has 2 aromatic carbocycles. The van der Waals surface area contributed by atoms with Gasteiger partial charge in [-0.15, -0.1) is 0 Å². The van der Waals surface area contributed by atoms with E-state index in [2.05, 4.69) is 58.1 Å². The predicted molar refractivity (Wildman–Crippen MR) is 119 cm³/mol. The van der Waals surface area contributed by atoms with Gasteiger partial charge < -0.3 is 20.3 Å². The number of benzene rings is 2. The van der Waals surface area contributed by atoms with Crippen molar-refractivity contribution >= 4 is 11.9 Å². The first-order valence-electron chi connectivity index (χ1n) is 10.8. The third-order valence-corrected chi connectivity index (χ3v) is 5.71. The molecule has 2 heterocycles. The minimum atomic E-state index is 0.267. The number of fused-ring (bicyclic) bond motifs is 1. The van der Waals surface area contributed by atoms with Crippen molar-refractivity contribution in [3.05, 3.63) is 64.7 Å². The van der Waals surface area contributed by atoms with Crippen LogP contribution in [0.5, 0.6) is 5.75 Å². The van der Waals surface area contributed by atoms with Crippen LogP contribution in [0.3, 0.4) is 0 Å². The normalized spacial score (nSPS) is 15.8. The van der Waals surface area contributed by atoms with Crippen LogP contribution in [0.1, 0.15) is 35.1 Å². The number of carbonyl (C=O) groups excluding carboxylic acids is 1. The van der Waals surface area contributed by atoms with Gasteiger partial charge in [-0.1, -0.05) is 36.4 Å². The van der Waals surface area contributed by atoms with Crippen molar-refractivity contribution in [1.29, 1.82) is 0 Å². The van der Waals surface area contributed by atoms with Gasteiger partial charge >= 0.3 is 0 Å². The SMILES string of the molecule is CN=C(NCCc1ccc2c(c1)CCO2)NCc1ccc(CN2CCCC2=O)cc1. The third-order valence-electron chi connectivity index (χ3n) is 5.71. The van der Waals surface area contributed by atoms with E-state index in [9.17, 15) is 4.79 Å². The van der Waals surface area contributed by atoms with Gasteiger partial charge in [0.2, 0.25) is 5.91 Å². The van der Waals surface area contributed by atoms with Crippen LogP contribution in [0.2, 0.25) is 0 Å². The highest BCUT2D eigenvalue weighted by molar-refractivity contribution is 5.79. The van der Waals surface area contributed by atoms with E-state index in [-0.39, 0.29) is 5.91 Å². The van der Waals surface area contributed by atoms with Crippen molar-refractivity contribution in [2.75, 3.05) is 26.7 Å². The Balaban J connectivity index is 1.21. The molecule has 1 saturated heterocycles. The van der Waals surface area contributed by atoms with Crippen LogP contribution >= 0.6 is 0 Å². The fraction of sp³-hybridized carbons (Fsp3) is 0.417. The highest BCUT2D eigenvalue weighted by atomic mass is 16.5. The number of carbonyl (C=O) groups is 1. The summed E-state index contributed by atoms with van der Waals surface area (Å²) < 4.78 is 5.57. The van der Waals surface area contributed by atoms with Crippen LogP contribution in [-0.4, -0.2) is 43.5 Å². The molecule has 2 aromatic rings. The molecule has 0 aliphatic carbocycles. The maximum Gasteiger partial charge on any atom is 0.222 e. The molecule has 0 aromatic heterocycles. The van der Waals surface area contributed by atoms with Crippen LogP contribution in [0, 0.1) is 0 Å². The lowest BCUT2D eigenvalue weighted by Crippen LogP contribution is -2.37. The molecule has 158 valence electrons. The van der Waals surface area contributed by atoms with E-state index in [1.807, 2.05) is 4.90 Å². The van der Waals surface area contributed by atoms with Gasteiger partial charge in [-0.25, -0.2) is 0 Å². The van der Waals surface area contributed by atoms with E-state index in [4.69, 9.17) is 4.74 Å². The monoisotopic (exact) mass is 406 g/mol. The molecular weight excluding hydrogens is 376 g/mol. The van der Waals surface area contributed by atoms with Crippen molar-refractivity contribution in [3.8, 4) is 5.75 Å². The van der Waals surface area contributed by atoms with Gasteiger partial charge in [0.25, 0.3) is 0 Å². The average Bonchev–Trinajstić information content (AvgIpc) is 3.40. The van der Waals surface area contributed by atoms with Gasteiger partial charge in [0, 0.05) is 46.1 Å². The first-order chi connectivity index (χ1) is 14.7. The van der Waals surface area contributed by atoms with Crippen molar-refractivity contribution < 1.29 is 9.53 Å². The molecule has 4 rings (SSSR count). The first kappa shape index (κ1) is 20.3. The fourth-order valence-electron chi connectivity index (χ4n) is 3.98. The number of aliphatic imine (C=N–C) groups is 1. The highest BCUT2D eigenvalue weighted by Crippen LogP contribution is 2.25. The van der Waals surface area contributed by atoms with Crippen molar-refractivity contribution in [1.82, 2.24) is 15.5 Å². The Bertz CT molecular complexity index is 908. The van der Waals surface area contributed by atoms with Crippen molar-refractivity contribution in [2.24, 2.45) is 4.99 Å². The van der Waals surface area contributed by atoms with Crippen LogP contribution in [0.15, 0.2) is 47.5 Å². The zero-order chi connectivity index (χ0) is 20.8. The van der Waals surface area contributed by atoms with Gasteiger partial charge in [0.05, 0.1) is 6.61 Å². The number of amides is 1. The maximum absolute atomic E-state index is 11.8. The second-order valence-corrected chi connectivity index (χ2v) is 7.88. The molecule has 0 bridgehead atoms. The number of hydrogen-bond donors (Lipinski definition) is 2. The Kier molecular flexibility index (Phi) is 6.52. The van der Waals surface area contributed by atoms with Gasteiger partial charge in [0.1, 0.15) is 5.75 Å². The minimum Gasteiger partial charge on any atom is -0.493 e. The molecule has 2 aliphatic heterocycles. The van der Waals surface area contributed by atoms with Crippen LogP contribution < -0.4 is 15.4 Å². The highest BCUT2D eigenvalue weighted by Gasteiger charge is 2.19. The lowest BCUT2D eigenvalue weighted by molar-refractivity contribution is -0.128. The van der Waals surface area contributed by atoms with Crippen LogP contribution in [0.25, 0.3) is 0 Å². The number of nitrogens with one attached hydrogen (secondary N) is 2. The van der Waals surface area contributed by atoms with E-state index in [0.29, 0.717) is 19.5 Å². The predicted octanol–water partition coefficient (Wildman–Crippen LogP) is 2.65. The summed E-state index contributed by atoms with van der Waals surface area (Å²) in [7, 11) is 1.79. The first-order valence-corrected chi connectivity index (χ1v) is 10.8. The maximum atomic E-state index is 11.8. The van der Waals surface area contributed by atoms with E-state index in [1.165, 1.54) is 22.3 Å². The summed E-state index contributed by atoms with van der Waals surface area (Å²) in [4.78, 5) is 18.0. The quantitative estimate of drug-likeness (QED) is 0.548. The minimum absolute atomic E-state index is 0.267. The Morgan fingerprint density at radius 2 is 1.87 bits per heavy atom. The molecule has 2 aliphatic rings. The van der Waals surface area contributed by atoms with E-state index in [0.717, 1.165) is 50.7 Å². The molecule has 1 amide bonds. The molecule has 0 radical (unpaired) electrons. The zero-order valence-corrected chi connectivity index (χ0v) is 17.6. The van der Waals surface area contributed by atoms with Crippen molar-refractivity contribution in [3.63, 3.8) is 0 Å². The largest absolute Gasteiger partial charge is 0.493 e. The lowest BCUT2D eigenvalue weighted by Gasteiger charge is -2.16. The molecular formula is C24H30N4O2. The molecule has 1 fully saturated rings. The second kappa shape index (κ2) is 9.65. The summed E-state index contributed by atoms with van der Waals surface area (Å²) in [6.07, 6.45) is 3.62. The average molecular weight is 407 g/mol. The summed E-state index contributed by atoms with van der Waals surface area (Å²) in [5.74, 6) is 2.09. The molecule has 0 spiro atoms. The molecule has 0 saturated carbocycles. The molecule has 30 heavy (non-hydrogen) atoms. The van der Waals surface area contributed by atoms with Crippen molar-refractivity contribution in [2.45, 2.75) is 38.8 Å². The molecule has 6 heteroatoms. The third kappa shape index (κ3) is 5.12. The van der Waals surface area contributed by atoms with E-state index >= 15 is 0 Å². The molecule has 2 N–H and O–H groups in total. The van der Waals surface area contributed by atoms with Gasteiger partial charge in [0.15, 0.2) is 5.96 Å². The molecule has 0 atom stereocenters. The summed E-state index contributed by atoms with van der Waals surface area (Å²) in [5.41, 5.74) is 4.99. The number of nitrogens with zero attached hydrogens (tertiary/aromatic N) is 2. The Morgan fingerprint density at radius 3 is 2.63 bits per heavy atom. The summed E-state index contributed by atoms with van der Waals surface area (Å²) >= 11 is 0. The smallest absolute Gasteiger partial charge is 0.222 e. The number of guanidine groups is 1. The van der Waals surface area contributed by atoms with Crippen LogP contribution in [0.4, 0.5) is 0 Å². The van der Waals surface area contributed by atoms with Crippen LogP contribution in [-0.2, 0) is 30.7 Å². The Morgan fingerprint density at radius 1 is 1.07 bits per heavy atom. The van der Waals surface area contributed by atoms with Gasteiger partial charge in [-0.05, 0) is 41.2 Å². The zero-order valence-electron chi connectivity index (χ0n) is 17.6. The molecule has 0 unspecified atom stereocenters. The summed E-state index contributed by atoms with van der Waals surface area (Å²) in [5, 5.41) is 6.75. The summed E-state index contributed by atoms with van der Waals surface area (Å²) in [6.45, 7) is 3.92. The topological polar surface area (TPSA) is 66.0 Å². The number of ether oxygens (including phenoxy) is 1. The summed E-state index contributed by atoms with van der Waals surface area (Å²) in [6, 6.07) is 14.9. The number of hydrogen-bond acceptors (Lipinski definition) is 3.